The van der Waals surface area contributed by atoms with E-state index in [2.05, 4.69) is 29.6 Å². The molecule has 0 spiro atoms. The summed E-state index contributed by atoms with van der Waals surface area (Å²) in [6.07, 6.45) is 2.74. The van der Waals surface area contributed by atoms with Gasteiger partial charge in [-0.1, -0.05) is 13.8 Å². The second-order valence-electron chi connectivity index (χ2n) is 5.17. The molecule has 1 unspecified atom stereocenters. The first-order valence-corrected chi connectivity index (χ1v) is 5.74. The minimum atomic E-state index is -0.0772. The molecule has 4 N–H and O–H groups in total. The third-order valence-corrected chi connectivity index (χ3v) is 3.40. The maximum atomic E-state index is 11.8. The Labute approximate surface area is 101 Å². The predicted molar refractivity (Wildman–Crippen MR) is 66.3 cm³/mol. The SMILES string of the molecule is CC1(C)CC1CNC(=O)c1ccnc(NN)c1. The van der Waals surface area contributed by atoms with E-state index in [9.17, 15) is 4.79 Å². The summed E-state index contributed by atoms with van der Waals surface area (Å²) >= 11 is 0. The number of nitrogens with two attached hydrogens (primary N) is 1. The number of nitrogens with zero attached hydrogens (tertiary/aromatic N) is 1. The molecular formula is C12H18N4O. The van der Waals surface area contributed by atoms with E-state index in [1.54, 1.807) is 18.3 Å². The molecule has 92 valence electrons. The summed E-state index contributed by atoms with van der Waals surface area (Å²) in [5.74, 6) is 6.25. The van der Waals surface area contributed by atoms with Gasteiger partial charge in [0.05, 0.1) is 0 Å². The van der Waals surface area contributed by atoms with Crippen molar-refractivity contribution in [2.24, 2.45) is 17.2 Å². The van der Waals surface area contributed by atoms with Crippen molar-refractivity contribution < 1.29 is 4.79 Å². The molecule has 2 rings (SSSR count). The summed E-state index contributed by atoms with van der Waals surface area (Å²) < 4.78 is 0. The van der Waals surface area contributed by atoms with Crippen molar-refractivity contribution in [2.45, 2.75) is 20.3 Å². The summed E-state index contributed by atoms with van der Waals surface area (Å²) in [4.78, 5) is 15.8. The minimum Gasteiger partial charge on any atom is -0.352 e. The summed E-state index contributed by atoms with van der Waals surface area (Å²) in [5, 5.41) is 2.93. The van der Waals surface area contributed by atoms with Crippen LogP contribution in [-0.4, -0.2) is 17.4 Å². The lowest BCUT2D eigenvalue weighted by Gasteiger charge is -2.07. The van der Waals surface area contributed by atoms with Crippen LogP contribution in [0.3, 0.4) is 0 Å². The van der Waals surface area contributed by atoms with Crippen molar-refractivity contribution >= 4 is 11.7 Å². The first kappa shape index (κ1) is 11.9. The highest BCUT2D eigenvalue weighted by atomic mass is 16.1. The van der Waals surface area contributed by atoms with E-state index in [-0.39, 0.29) is 5.91 Å². The van der Waals surface area contributed by atoms with Gasteiger partial charge in [-0.2, -0.15) is 0 Å². The highest BCUT2D eigenvalue weighted by Gasteiger charge is 2.45. The molecule has 5 nitrogen and oxygen atoms in total. The van der Waals surface area contributed by atoms with Gasteiger partial charge >= 0.3 is 0 Å². The van der Waals surface area contributed by atoms with Crippen LogP contribution in [0, 0.1) is 11.3 Å². The van der Waals surface area contributed by atoms with Crippen molar-refractivity contribution in [3.8, 4) is 0 Å². The summed E-state index contributed by atoms with van der Waals surface area (Å²) in [7, 11) is 0. The molecule has 0 aromatic carbocycles. The number of hydrogen-bond donors (Lipinski definition) is 3. The van der Waals surface area contributed by atoms with Gasteiger partial charge in [-0.05, 0) is 29.9 Å². The zero-order valence-corrected chi connectivity index (χ0v) is 10.2. The van der Waals surface area contributed by atoms with Crippen LogP contribution in [0.5, 0.6) is 0 Å². The number of amides is 1. The van der Waals surface area contributed by atoms with Crippen LogP contribution in [0.2, 0.25) is 0 Å². The molecule has 0 bridgehead atoms. The van der Waals surface area contributed by atoms with Crippen LogP contribution < -0.4 is 16.6 Å². The van der Waals surface area contributed by atoms with Gasteiger partial charge in [0, 0.05) is 18.3 Å². The van der Waals surface area contributed by atoms with Crippen LogP contribution >= 0.6 is 0 Å². The van der Waals surface area contributed by atoms with Gasteiger partial charge in [-0.3, -0.25) is 4.79 Å². The number of aromatic nitrogens is 1. The van der Waals surface area contributed by atoms with Crippen LogP contribution in [0.25, 0.3) is 0 Å². The van der Waals surface area contributed by atoms with E-state index in [1.165, 1.54) is 6.42 Å². The molecule has 17 heavy (non-hydrogen) atoms. The van der Waals surface area contributed by atoms with E-state index >= 15 is 0 Å². The van der Waals surface area contributed by atoms with Crippen molar-refractivity contribution in [2.75, 3.05) is 12.0 Å². The molecule has 1 aromatic rings. The van der Waals surface area contributed by atoms with Crippen LogP contribution in [0.15, 0.2) is 18.3 Å². The third-order valence-electron chi connectivity index (χ3n) is 3.40. The summed E-state index contributed by atoms with van der Waals surface area (Å²) in [6.45, 7) is 5.17. The van der Waals surface area contributed by atoms with Gasteiger partial charge in [0.15, 0.2) is 0 Å². The Morgan fingerprint density at radius 3 is 2.94 bits per heavy atom. The van der Waals surface area contributed by atoms with Gasteiger partial charge in [-0.25, -0.2) is 10.8 Å². The number of hydrogen-bond acceptors (Lipinski definition) is 4. The molecule has 0 aliphatic heterocycles. The van der Waals surface area contributed by atoms with Crippen LogP contribution in [0.4, 0.5) is 5.82 Å². The molecule has 1 aliphatic carbocycles. The first-order chi connectivity index (χ1) is 8.03. The molecule has 1 aliphatic rings. The van der Waals surface area contributed by atoms with Gasteiger partial charge in [-0.15, -0.1) is 0 Å². The quantitative estimate of drug-likeness (QED) is 0.539. The summed E-state index contributed by atoms with van der Waals surface area (Å²) in [6, 6.07) is 3.31. The number of carbonyl (C=O) groups is 1. The lowest BCUT2D eigenvalue weighted by molar-refractivity contribution is 0.0950. The molecule has 1 aromatic heterocycles. The van der Waals surface area contributed by atoms with E-state index in [4.69, 9.17) is 5.84 Å². The summed E-state index contributed by atoms with van der Waals surface area (Å²) in [5.41, 5.74) is 3.38. The Kier molecular flexibility index (Phi) is 3.02. The normalized spacial score (nSPS) is 20.8. The fourth-order valence-corrected chi connectivity index (χ4v) is 1.89. The lowest BCUT2D eigenvalue weighted by atomic mass is 10.1. The molecule has 5 heteroatoms. The standard InChI is InChI=1S/C12H18N4O/c1-12(2)6-9(12)7-15-11(17)8-3-4-14-10(5-8)16-13/h3-5,9H,6-7,13H2,1-2H3,(H,14,16)(H,15,17). The molecule has 1 amide bonds. The Morgan fingerprint density at radius 2 is 2.35 bits per heavy atom. The number of pyridine rings is 1. The highest BCUT2D eigenvalue weighted by Crippen LogP contribution is 2.50. The van der Waals surface area contributed by atoms with Crippen LogP contribution in [0.1, 0.15) is 30.6 Å². The second-order valence-corrected chi connectivity index (χ2v) is 5.17. The fraction of sp³-hybridized carbons (Fsp3) is 0.500. The average molecular weight is 234 g/mol. The number of carbonyl (C=O) groups excluding carboxylic acids is 1. The zero-order valence-electron chi connectivity index (χ0n) is 10.2. The zero-order chi connectivity index (χ0) is 12.5. The lowest BCUT2D eigenvalue weighted by Crippen LogP contribution is -2.26. The average Bonchev–Trinajstić information content (AvgIpc) is 2.94. The van der Waals surface area contributed by atoms with E-state index in [0.29, 0.717) is 22.7 Å². The molecule has 1 saturated carbocycles. The van der Waals surface area contributed by atoms with Gasteiger partial charge in [0.1, 0.15) is 5.82 Å². The molecule has 1 atom stereocenters. The number of nitrogens with one attached hydrogen (secondary N) is 2. The van der Waals surface area contributed by atoms with Crippen molar-refractivity contribution in [3.63, 3.8) is 0 Å². The highest BCUT2D eigenvalue weighted by molar-refractivity contribution is 5.94. The van der Waals surface area contributed by atoms with Gasteiger partial charge in [0.2, 0.25) is 0 Å². The predicted octanol–water partition coefficient (Wildman–Crippen LogP) is 1.14. The molecule has 1 fully saturated rings. The van der Waals surface area contributed by atoms with Crippen molar-refractivity contribution in [3.05, 3.63) is 23.9 Å². The number of rotatable bonds is 4. The topological polar surface area (TPSA) is 80.0 Å². The second kappa shape index (κ2) is 4.33. The third kappa shape index (κ3) is 2.74. The van der Waals surface area contributed by atoms with E-state index in [0.717, 1.165) is 6.54 Å². The largest absolute Gasteiger partial charge is 0.352 e. The minimum absolute atomic E-state index is 0.0772. The molecular weight excluding hydrogens is 216 g/mol. The van der Waals surface area contributed by atoms with Gasteiger partial charge < -0.3 is 10.7 Å². The molecule has 0 saturated heterocycles. The van der Waals surface area contributed by atoms with Crippen molar-refractivity contribution in [1.82, 2.24) is 10.3 Å². The number of nitrogen functional groups attached to an aromatic ring is 1. The van der Waals surface area contributed by atoms with Gasteiger partial charge in [0.25, 0.3) is 5.91 Å². The first-order valence-electron chi connectivity index (χ1n) is 5.74. The Bertz CT molecular complexity index is 430. The maximum Gasteiger partial charge on any atom is 0.251 e. The fourth-order valence-electron chi connectivity index (χ4n) is 1.89. The smallest absolute Gasteiger partial charge is 0.251 e. The monoisotopic (exact) mass is 234 g/mol. The molecule has 1 heterocycles. The Hall–Kier alpha value is -1.62. The van der Waals surface area contributed by atoms with E-state index < -0.39 is 0 Å². The van der Waals surface area contributed by atoms with Crippen LogP contribution in [-0.2, 0) is 0 Å². The maximum absolute atomic E-state index is 11.8. The molecule has 0 radical (unpaired) electrons. The Balaban J connectivity index is 1.91. The van der Waals surface area contributed by atoms with Crippen molar-refractivity contribution in [1.29, 1.82) is 0 Å². The number of anilines is 1. The van der Waals surface area contributed by atoms with E-state index in [1.807, 2.05) is 0 Å². The number of hydrazine groups is 1. The Morgan fingerprint density at radius 1 is 1.65 bits per heavy atom.